The van der Waals surface area contributed by atoms with Crippen molar-refractivity contribution in [2.75, 3.05) is 32.8 Å². The maximum Gasteiger partial charge on any atom is 0.262 e. The van der Waals surface area contributed by atoms with Crippen molar-refractivity contribution in [2.45, 2.75) is 49.8 Å². The summed E-state index contributed by atoms with van der Waals surface area (Å²) in [5.74, 6) is -1.57. The normalized spacial score (nSPS) is 19.4. The first kappa shape index (κ1) is 30.4. The van der Waals surface area contributed by atoms with Gasteiger partial charge in [0.2, 0.25) is 12.3 Å². The number of hydrogen-bond acceptors (Lipinski definition) is 6. The van der Waals surface area contributed by atoms with E-state index in [-0.39, 0.29) is 56.4 Å². The minimum Gasteiger partial charge on any atom is -0.388 e. The van der Waals surface area contributed by atoms with Crippen LogP contribution in [0.5, 0.6) is 0 Å². The van der Waals surface area contributed by atoms with Gasteiger partial charge in [-0.1, -0.05) is 54.1 Å². The van der Waals surface area contributed by atoms with Crippen LogP contribution in [0.3, 0.4) is 0 Å². The Kier molecular flexibility index (Phi) is 8.82. The molecule has 2 fully saturated rings. The van der Waals surface area contributed by atoms with Gasteiger partial charge in [-0.15, -0.1) is 0 Å². The summed E-state index contributed by atoms with van der Waals surface area (Å²) in [5.41, 5.74) is 1.06. The maximum absolute atomic E-state index is 13.8. The second kappa shape index (κ2) is 12.8. The van der Waals surface area contributed by atoms with Gasteiger partial charge in [0.25, 0.3) is 5.56 Å². The summed E-state index contributed by atoms with van der Waals surface area (Å²) in [4.78, 5) is 32.5. The number of rotatable bonds is 8. The van der Waals surface area contributed by atoms with Gasteiger partial charge >= 0.3 is 0 Å². The largest absolute Gasteiger partial charge is 0.388 e. The summed E-state index contributed by atoms with van der Waals surface area (Å²) in [6, 6.07) is 17.8. The van der Waals surface area contributed by atoms with E-state index in [1.165, 1.54) is 15.8 Å². The number of ether oxygens (including phenoxy) is 1. The maximum atomic E-state index is 13.8. The molecule has 6 rings (SSSR count). The molecule has 2 aliphatic rings. The van der Waals surface area contributed by atoms with Gasteiger partial charge in [0.05, 0.1) is 42.7 Å². The number of fused-ring (bicyclic) bond motifs is 1. The van der Waals surface area contributed by atoms with E-state index in [4.69, 9.17) is 16.3 Å². The molecule has 1 amide bonds. The van der Waals surface area contributed by atoms with Crippen LogP contribution in [-0.2, 0) is 16.1 Å². The summed E-state index contributed by atoms with van der Waals surface area (Å²) < 4.78 is 36.2. The number of halogens is 3. The fourth-order valence-electron chi connectivity index (χ4n) is 6.10. The van der Waals surface area contributed by atoms with Gasteiger partial charge in [-0.2, -0.15) is 0 Å². The molecule has 2 aromatic carbocycles. The van der Waals surface area contributed by atoms with Crippen molar-refractivity contribution in [3.8, 4) is 5.69 Å². The third-order valence-corrected chi connectivity index (χ3v) is 8.93. The first-order chi connectivity index (χ1) is 21.2. The van der Waals surface area contributed by atoms with E-state index in [1.54, 1.807) is 41.0 Å². The summed E-state index contributed by atoms with van der Waals surface area (Å²) in [6.45, 7) is 2.46. The van der Waals surface area contributed by atoms with Crippen LogP contribution in [0.4, 0.5) is 8.78 Å². The molecule has 0 saturated carbocycles. The molecule has 0 bridgehead atoms. The van der Waals surface area contributed by atoms with Crippen LogP contribution >= 0.6 is 11.6 Å². The molecule has 2 saturated heterocycles. The number of benzene rings is 2. The molecule has 2 N–H and O–H groups in total. The highest BCUT2D eigenvalue weighted by atomic mass is 35.5. The Labute approximate surface area is 258 Å². The number of nitrogens with zero attached hydrogens (tertiary/aromatic N) is 4. The first-order valence-corrected chi connectivity index (χ1v) is 15.1. The second-order valence-corrected chi connectivity index (χ2v) is 11.9. The van der Waals surface area contributed by atoms with Crippen LogP contribution in [0.15, 0.2) is 71.8 Å². The van der Waals surface area contributed by atoms with Crippen LogP contribution in [0, 0.1) is 0 Å². The number of aliphatic hydroxyl groups is 1. The van der Waals surface area contributed by atoms with E-state index in [9.17, 15) is 23.5 Å². The van der Waals surface area contributed by atoms with Crippen molar-refractivity contribution in [3.63, 3.8) is 0 Å². The Morgan fingerprint density at radius 1 is 1.14 bits per heavy atom. The minimum atomic E-state index is -2.67. The Morgan fingerprint density at radius 3 is 2.52 bits per heavy atom. The summed E-state index contributed by atoms with van der Waals surface area (Å²) >= 11 is 6.58. The van der Waals surface area contributed by atoms with Gasteiger partial charge < -0.3 is 20.1 Å². The standard InChI is InChI=1S/C32H34ClF2N5O4/c33-27-16-25-30(40(27)23-8-6-22(7-9-23)26-18-44-15-12-36-26)37-20-39(31(25)42)19-32(43)10-13-38(14-11-32)28(41)17-24(29(34)35)21-4-2-1-3-5-21/h1-9,16,20,24,26,29,36,43H,10-15,17-19H2/t24?,26-/m1/s1. The van der Waals surface area contributed by atoms with Gasteiger partial charge in [0.15, 0.2) is 5.65 Å². The molecule has 44 heavy (non-hydrogen) atoms. The van der Waals surface area contributed by atoms with Gasteiger partial charge in [-0.3, -0.25) is 18.7 Å². The van der Waals surface area contributed by atoms with Crippen molar-refractivity contribution >= 4 is 28.5 Å². The molecule has 2 aliphatic heterocycles. The number of likely N-dealkylation sites (tertiary alicyclic amines) is 1. The Bertz CT molecular complexity index is 1660. The number of carbonyl (C=O) groups is 1. The lowest BCUT2D eigenvalue weighted by molar-refractivity contribution is -0.137. The van der Waals surface area contributed by atoms with Crippen LogP contribution in [-0.4, -0.2) is 74.9 Å². The molecule has 2 atom stereocenters. The number of aromatic nitrogens is 3. The van der Waals surface area contributed by atoms with E-state index < -0.39 is 17.9 Å². The smallest absolute Gasteiger partial charge is 0.262 e. The van der Waals surface area contributed by atoms with Crippen molar-refractivity contribution < 1.29 is 23.4 Å². The predicted octanol–water partition coefficient (Wildman–Crippen LogP) is 4.29. The molecule has 4 heterocycles. The number of amides is 1. The lowest BCUT2D eigenvalue weighted by Gasteiger charge is -2.38. The molecule has 0 spiro atoms. The second-order valence-electron chi connectivity index (χ2n) is 11.6. The molecule has 1 unspecified atom stereocenters. The predicted molar refractivity (Wildman–Crippen MR) is 162 cm³/mol. The molecule has 9 nitrogen and oxygen atoms in total. The van der Waals surface area contributed by atoms with Crippen molar-refractivity contribution in [1.29, 1.82) is 0 Å². The highest BCUT2D eigenvalue weighted by molar-refractivity contribution is 6.31. The minimum absolute atomic E-state index is 0.0194. The van der Waals surface area contributed by atoms with Crippen LogP contribution in [0.2, 0.25) is 5.15 Å². The van der Waals surface area contributed by atoms with Crippen molar-refractivity contribution in [1.82, 2.24) is 24.3 Å². The van der Waals surface area contributed by atoms with Crippen LogP contribution in [0.25, 0.3) is 16.7 Å². The van der Waals surface area contributed by atoms with Gasteiger partial charge in [-0.25, -0.2) is 13.8 Å². The zero-order valence-corrected chi connectivity index (χ0v) is 24.8. The number of piperidine rings is 1. The molecule has 2 aromatic heterocycles. The van der Waals surface area contributed by atoms with E-state index in [2.05, 4.69) is 10.3 Å². The number of hydrogen-bond donors (Lipinski definition) is 2. The average molecular weight is 626 g/mol. The number of morpholine rings is 1. The van der Waals surface area contributed by atoms with E-state index >= 15 is 0 Å². The van der Waals surface area contributed by atoms with Crippen LogP contribution in [0.1, 0.15) is 42.3 Å². The number of alkyl halides is 2. The summed E-state index contributed by atoms with van der Waals surface area (Å²) in [6.07, 6.45) is -1.19. The Hall–Kier alpha value is -3.64. The third-order valence-electron chi connectivity index (χ3n) is 8.65. The Balaban J connectivity index is 1.13. The van der Waals surface area contributed by atoms with E-state index in [0.29, 0.717) is 35.0 Å². The Morgan fingerprint density at radius 2 is 1.86 bits per heavy atom. The van der Waals surface area contributed by atoms with Gasteiger partial charge in [-0.05, 0) is 42.2 Å². The molecule has 0 radical (unpaired) electrons. The molecule has 0 aliphatic carbocycles. The monoisotopic (exact) mass is 625 g/mol. The lowest BCUT2D eigenvalue weighted by atomic mass is 9.90. The third kappa shape index (κ3) is 6.28. The first-order valence-electron chi connectivity index (χ1n) is 14.7. The summed E-state index contributed by atoms with van der Waals surface area (Å²) in [5, 5.41) is 15.4. The summed E-state index contributed by atoms with van der Waals surface area (Å²) in [7, 11) is 0. The zero-order chi connectivity index (χ0) is 30.8. The highest BCUT2D eigenvalue weighted by Crippen LogP contribution is 2.31. The topological polar surface area (TPSA) is 102 Å². The number of carbonyl (C=O) groups excluding carboxylic acids is 1. The SMILES string of the molecule is O=C(CC(c1ccccc1)C(F)F)N1CCC(O)(Cn2cnc3c(cc(Cl)n3-c3ccc([C@H]4COCCN4)cc3)c2=O)CC1. The fraction of sp³-hybridized carbons (Fsp3) is 0.406. The van der Waals surface area contributed by atoms with Gasteiger partial charge in [0.1, 0.15) is 11.5 Å². The average Bonchev–Trinajstić information content (AvgIpc) is 3.38. The highest BCUT2D eigenvalue weighted by Gasteiger charge is 2.36. The molecule has 12 heteroatoms. The van der Waals surface area contributed by atoms with Gasteiger partial charge in [0, 0.05) is 31.7 Å². The quantitative estimate of drug-likeness (QED) is 0.303. The molecular formula is C32H34ClF2N5O4. The fourth-order valence-corrected chi connectivity index (χ4v) is 6.38. The van der Waals surface area contributed by atoms with Crippen molar-refractivity contribution in [2.24, 2.45) is 0 Å². The molecule has 4 aromatic rings. The van der Waals surface area contributed by atoms with Crippen molar-refractivity contribution in [3.05, 3.63) is 93.6 Å². The molecular weight excluding hydrogens is 592 g/mol. The molecule has 232 valence electrons. The lowest BCUT2D eigenvalue weighted by Crippen LogP contribution is -2.50. The number of nitrogens with one attached hydrogen (secondary N) is 1. The van der Waals surface area contributed by atoms with E-state index in [1.807, 2.05) is 24.3 Å². The zero-order valence-electron chi connectivity index (χ0n) is 24.0. The van der Waals surface area contributed by atoms with E-state index in [0.717, 1.165) is 17.8 Å². The van der Waals surface area contributed by atoms with Crippen LogP contribution < -0.4 is 10.9 Å².